The van der Waals surface area contributed by atoms with Crippen LogP contribution in [0.3, 0.4) is 0 Å². The normalized spacial score (nSPS) is 10.7. The lowest BCUT2D eigenvalue weighted by molar-refractivity contribution is 0.0529. The lowest BCUT2D eigenvalue weighted by Gasteiger charge is -2.09. The number of amides is 1. The molecule has 0 aliphatic heterocycles. The Balaban J connectivity index is 2.01. The third kappa shape index (κ3) is 3.78. The molecule has 1 amide bonds. The third-order valence-corrected chi connectivity index (χ3v) is 5.02. The van der Waals surface area contributed by atoms with E-state index in [0.29, 0.717) is 27.6 Å². The highest BCUT2D eigenvalue weighted by Gasteiger charge is 2.25. The van der Waals surface area contributed by atoms with Gasteiger partial charge in [0.05, 0.1) is 12.3 Å². The van der Waals surface area contributed by atoms with Crippen LogP contribution < -0.4 is 5.32 Å². The first-order valence-corrected chi connectivity index (χ1v) is 9.40. The topological polar surface area (TPSA) is 81.4 Å². The third-order valence-electron chi connectivity index (χ3n) is 4.12. The van der Waals surface area contributed by atoms with E-state index < -0.39 is 5.97 Å². The fourth-order valence-electron chi connectivity index (χ4n) is 2.77. The van der Waals surface area contributed by atoms with Gasteiger partial charge >= 0.3 is 5.97 Å². The molecule has 0 bridgehead atoms. The van der Waals surface area contributed by atoms with Gasteiger partial charge in [0.25, 0.3) is 5.91 Å². The van der Waals surface area contributed by atoms with Gasteiger partial charge in [0.2, 0.25) is 0 Å². The van der Waals surface area contributed by atoms with E-state index >= 15 is 0 Å². The van der Waals surface area contributed by atoms with Crippen LogP contribution in [0.15, 0.2) is 34.2 Å². The number of nitrogens with zero attached hydrogens (tertiary/aromatic N) is 1. The lowest BCUT2D eigenvalue weighted by atomic mass is 10.0. The molecule has 140 valence electrons. The van der Waals surface area contributed by atoms with Crippen LogP contribution in [0.4, 0.5) is 5.00 Å². The molecule has 1 aromatic carbocycles. The molecule has 27 heavy (non-hydrogen) atoms. The molecule has 2 aromatic heterocycles. The predicted molar refractivity (Wildman–Crippen MR) is 104 cm³/mol. The van der Waals surface area contributed by atoms with Crippen LogP contribution in [-0.2, 0) is 4.74 Å². The molecule has 2 heterocycles. The van der Waals surface area contributed by atoms with Crippen LogP contribution in [0, 0.1) is 20.8 Å². The number of rotatable bonds is 5. The number of esters is 1. The zero-order chi connectivity index (χ0) is 19.6. The van der Waals surface area contributed by atoms with Gasteiger partial charge in [-0.3, -0.25) is 4.79 Å². The lowest BCUT2D eigenvalue weighted by Crippen LogP contribution is -2.16. The van der Waals surface area contributed by atoms with E-state index in [1.165, 1.54) is 11.3 Å². The Bertz CT molecular complexity index is 967. The van der Waals surface area contributed by atoms with E-state index in [1.54, 1.807) is 20.8 Å². The van der Waals surface area contributed by atoms with Crippen molar-refractivity contribution in [3.05, 3.63) is 57.8 Å². The van der Waals surface area contributed by atoms with Gasteiger partial charge in [-0.1, -0.05) is 35.0 Å². The van der Waals surface area contributed by atoms with Crippen molar-refractivity contribution in [2.45, 2.75) is 27.7 Å². The Morgan fingerprint density at radius 1 is 1.15 bits per heavy atom. The van der Waals surface area contributed by atoms with Crippen LogP contribution in [0.5, 0.6) is 0 Å². The number of ether oxygens (including phenoxy) is 1. The van der Waals surface area contributed by atoms with Crippen molar-refractivity contribution in [2.24, 2.45) is 0 Å². The molecule has 0 saturated carbocycles. The first-order valence-electron chi connectivity index (χ1n) is 8.52. The molecule has 0 radical (unpaired) electrons. The molecule has 0 atom stereocenters. The number of hydrogen-bond donors (Lipinski definition) is 1. The molecule has 0 saturated heterocycles. The van der Waals surface area contributed by atoms with E-state index in [9.17, 15) is 9.59 Å². The fourth-order valence-corrected chi connectivity index (χ4v) is 3.73. The summed E-state index contributed by atoms with van der Waals surface area (Å²) in [6.07, 6.45) is 0. The number of aromatic nitrogens is 1. The maximum absolute atomic E-state index is 12.7. The Morgan fingerprint density at radius 3 is 2.44 bits per heavy atom. The Kier molecular flexibility index (Phi) is 5.41. The largest absolute Gasteiger partial charge is 0.462 e. The summed E-state index contributed by atoms with van der Waals surface area (Å²) in [5.74, 6) is -0.407. The van der Waals surface area contributed by atoms with Gasteiger partial charge in [-0.2, -0.15) is 0 Å². The van der Waals surface area contributed by atoms with Crippen molar-refractivity contribution in [2.75, 3.05) is 11.9 Å². The molecule has 0 unspecified atom stereocenters. The minimum absolute atomic E-state index is 0.249. The summed E-state index contributed by atoms with van der Waals surface area (Å²) in [5, 5.41) is 8.90. The van der Waals surface area contributed by atoms with Crippen LogP contribution in [0.25, 0.3) is 11.1 Å². The summed E-state index contributed by atoms with van der Waals surface area (Å²) in [6, 6.07) is 7.84. The molecule has 3 rings (SSSR count). The van der Waals surface area contributed by atoms with E-state index in [2.05, 4.69) is 10.5 Å². The van der Waals surface area contributed by atoms with E-state index in [1.807, 2.05) is 36.6 Å². The molecule has 6 nitrogen and oxygen atoms in total. The smallest absolute Gasteiger partial charge is 0.341 e. The number of carbonyl (C=O) groups excluding carboxylic acids is 2. The Morgan fingerprint density at radius 2 is 1.85 bits per heavy atom. The van der Waals surface area contributed by atoms with E-state index in [0.717, 1.165) is 16.7 Å². The van der Waals surface area contributed by atoms with Crippen LogP contribution in [-0.4, -0.2) is 23.6 Å². The number of carbonyl (C=O) groups is 2. The minimum Gasteiger partial charge on any atom is -0.462 e. The summed E-state index contributed by atoms with van der Waals surface area (Å²) in [6.45, 7) is 7.37. The average molecular weight is 384 g/mol. The molecule has 0 aliphatic rings. The summed E-state index contributed by atoms with van der Waals surface area (Å²) in [7, 11) is 0. The number of nitrogens with one attached hydrogen (secondary N) is 1. The quantitative estimate of drug-likeness (QED) is 0.642. The second kappa shape index (κ2) is 7.75. The van der Waals surface area contributed by atoms with Gasteiger partial charge in [0.1, 0.15) is 21.9 Å². The minimum atomic E-state index is -0.469. The van der Waals surface area contributed by atoms with Crippen molar-refractivity contribution in [3.8, 4) is 11.1 Å². The van der Waals surface area contributed by atoms with Gasteiger partial charge in [-0.15, -0.1) is 11.3 Å². The number of aryl methyl sites for hydroxylation is 3. The first kappa shape index (κ1) is 18.8. The maximum Gasteiger partial charge on any atom is 0.341 e. The zero-order valence-electron chi connectivity index (χ0n) is 15.6. The molecule has 0 aliphatic carbocycles. The number of hydrogen-bond acceptors (Lipinski definition) is 6. The van der Waals surface area contributed by atoms with Crippen molar-refractivity contribution in [1.82, 2.24) is 5.16 Å². The van der Waals surface area contributed by atoms with Crippen molar-refractivity contribution < 1.29 is 18.8 Å². The highest BCUT2D eigenvalue weighted by molar-refractivity contribution is 7.15. The van der Waals surface area contributed by atoms with E-state index in [-0.39, 0.29) is 12.5 Å². The summed E-state index contributed by atoms with van der Waals surface area (Å²) < 4.78 is 10.3. The molecule has 3 aromatic rings. The summed E-state index contributed by atoms with van der Waals surface area (Å²) >= 11 is 1.28. The number of thiophene rings is 1. The highest BCUT2D eigenvalue weighted by atomic mass is 32.1. The second-order valence-corrected chi connectivity index (χ2v) is 6.97. The predicted octanol–water partition coefficient (Wildman–Crippen LogP) is 4.76. The molecule has 1 N–H and O–H groups in total. The standard InChI is InChI=1S/C20H20N2O4S/c1-5-25-20(24)17-15(14-8-6-11(2)7-9-14)10-27-19(17)21-18(23)16-12(3)22-26-13(16)4/h6-10H,5H2,1-4H3,(H,21,23). The van der Waals surface area contributed by atoms with Crippen LogP contribution >= 0.6 is 11.3 Å². The van der Waals surface area contributed by atoms with Gasteiger partial charge in [0.15, 0.2) is 0 Å². The van der Waals surface area contributed by atoms with Crippen molar-refractivity contribution in [3.63, 3.8) is 0 Å². The second-order valence-electron chi connectivity index (χ2n) is 6.09. The highest BCUT2D eigenvalue weighted by Crippen LogP contribution is 2.36. The molecule has 0 fully saturated rings. The summed E-state index contributed by atoms with van der Waals surface area (Å²) in [4.78, 5) is 25.3. The van der Waals surface area contributed by atoms with Crippen LogP contribution in [0.2, 0.25) is 0 Å². The number of benzene rings is 1. The van der Waals surface area contributed by atoms with Gasteiger partial charge < -0.3 is 14.6 Å². The number of anilines is 1. The maximum atomic E-state index is 12.7. The monoisotopic (exact) mass is 384 g/mol. The molecular formula is C20H20N2O4S. The summed E-state index contributed by atoms with van der Waals surface area (Å²) in [5.41, 5.74) is 3.96. The Labute approximate surface area is 161 Å². The van der Waals surface area contributed by atoms with E-state index in [4.69, 9.17) is 9.26 Å². The molecule has 7 heteroatoms. The van der Waals surface area contributed by atoms with Crippen LogP contribution in [0.1, 0.15) is 44.7 Å². The fraction of sp³-hybridized carbons (Fsp3) is 0.250. The average Bonchev–Trinajstić information content (AvgIpc) is 3.19. The van der Waals surface area contributed by atoms with Crippen molar-refractivity contribution in [1.29, 1.82) is 0 Å². The van der Waals surface area contributed by atoms with Gasteiger partial charge in [-0.05, 0) is 33.3 Å². The van der Waals surface area contributed by atoms with Gasteiger partial charge in [-0.25, -0.2) is 4.79 Å². The first-order chi connectivity index (χ1) is 12.9. The SMILES string of the molecule is CCOC(=O)c1c(-c2ccc(C)cc2)csc1NC(=O)c1c(C)noc1C. The Hall–Kier alpha value is -2.93. The zero-order valence-corrected chi connectivity index (χ0v) is 16.4. The molecular weight excluding hydrogens is 364 g/mol. The molecule has 0 spiro atoms. The van der Waals surface area contributed by atoms with Gasteiger partial charge in [0, 0.05) is 10.9 Å². The van der Waals surface area contributed by atoms with Crippen molar-refractivity contribution >= 4 is 28.2 Å².